The molecule has 1 unspecified atom stereocenters. The van der Waals surface area contributed by atoms with E-state index in [-0.39, 0.29) is 22.2 Å². The highest BCUT2D eigenvalue weighted by atomic mass is 32.2. The minimum atomic E-state index is -4.07. The first-order valence-electron chi connectivity index (χ1n) is 8.87. The Morgan fingerprint density at radius 2 is 1.86 bits per heavy atom. The van der Waals surface area contributed by atoms with Crippen molar-refractivity contribution >= 4 is 21.6 Å². The summed E-state index contributed by atoms with van der Waals surface area (Å²) >= 11 is 0. The Bertz CT molecular complexity index is 1130. The van der Waals surface area contributed by atoms with Crippen molar-refractivity contribution in [3.63, 3.8) is 0 Å². The number of rotatable bonds is 6. The van der Waals surface area contributed by atoms with E-state index >= 15 is 0 Å². The number of benzene rings is 2. The molecule has 1 heterocycles. The largest absolute Gasteiger partial charge is 0.345 e. The van der Waals surface area contributed by atoms with Gasteiger partial charge in [0, 0.05) is 18.0 Å². The van der Waals surface area contributed by atoms with Gasteiger partial charge in [0.2, 0.25) is 0 Å². The van der Waals surface area contributed by atoms with Crippen LogP contribution in [0.1, 0.15) is 34.5 Å². The summed E-state index contributed by atoms with van der Waals surface area (Å²) in [6, 6.07) is 13.0. The number of aromatic nitrogens is 1. The molecule has 0 aliphatic rings. The van der Waals surface area contributed by atoms with Gasteiger partial charge in [-0.1, -0.05) is 24.3 Å². The molecular weight excluding hydrogens is 393 g/mol. The lowest BCUT2D eigenvalue weighted by Gasteiger charge is -2.16. The van der Waals surface area contributed by atoms with Crippen molar-refractivity contribution in [2.45, 2.75) is 24.8 Å². The number of carbonyl (C=O) groups is 1. The van der Waals surface area contributed by atoms with Gasteiger partial charge < -0.3 is 5.32 Å². The monoisotopic (exact) mass is 413 g/mol. The van der Waals surface area contributed by atoms with Crippen LogP contribution in [-0.2, 0) is 10.0 Å². The molecule has 0 spiro atoms. The number of nitrogens with one attached hydrogen (secondary N) is 2. The Kier molecular flexibility index (Phi) is 5.93. The molecule has 2 aromatic carbocycles. The fraction of sp³-hybridized carbons (Fsp3) is 0.143. The van der Waals surface area contributed by atoms with Crippen molar-refractivity contribution in [3.8, 4) is 0 Å². The summed E-state index contributed by atoms with van der Waals surface area (Å²) in [6.45, 7) is 3.52. The van der Waals surface area contributed by atoms with Crippen LogP contribution in [0.3, 0.4) is 0 Å². The van der Waals surface area contributed by atoms with Crippen molar-refractivity contribution in [2.24, 2.45) is 0 Å². The van der Waals surface area contributed by atoms with Gasteiger partial charge in [-0.2, -0.15) is 0 Å². The predicted octanol–water partition coefficient (Wildman–Crippen LogP) is 3.82. The maximum Gasteiger partial charge on any atom is 0.262 e. The summed E-state index contributed by atoms with van der Waals surface area (Å²) in [5, 5.41) is 2.84. The Morgan fingerprint density at radius 1 is 1.10 bits per heavy atom. The van der Waals surface area contributed by atoms with Crippen molar-refractivity contribution in [1.29, 1.82) is 0 Å². The first kappa shape index (κ1) is 20.5. The highest BCUT2D eigenvalue weighted by Crippen LogP contribution is 2.22. The predicted molar refractivity (Wildman–Crippen MR) is 109 cm³/mol. The van der Waals surface area contributed by atoms with Crippen LogP contribution >= 0.6 is 0 Å². The van der Waals surface area contributed by atoms with Crippen molar-refractivity contribution in [3.05, 3.63) is 89.5 Å². The number of pyridine rings is 1. The lowest BCUT2D eigenvalue weighted by atomic mass is 10.1. The summed E-state index contributed by atoms with van der Waals surface area (Å²) in [7, 11) is -4.07. The molecular formula is C21H20FN3O3S. The number of amides is 1. The second-order valence-corrected chi connectivity index (χ2v) is 8.23. The molecule has 2 N–H and O–H groups in total. The van der Waals surface area contributed by atoms with Crippen molar-refractivity contribution < 1.29 is 17.6 Å². The molecule has 0 saturated heterocycles. The molecule has 0 saturated carbocycles. The molecule has 3 rings (SSSR count). The van der Waals surface area contributed by atoms with E-state index in [4.69, 9.17) is 0 Å². The molecule has 8 heteroatoms. The van der Waals surface area contributed by atoms with Crippen LogP contribution in [0.15, 0.2) is 71.9 Å². The number of para-hydroxylation sites is 1. The van der Waals surface area contributed by atoms with Crippen LogP contribution in [0.2, 0.25) is 0 Å². The third-order valence-electron chi connectivity index (χ3n) is 4.41. The molecule has 6 nitrogen and oxygen atoms in total. The highest BCUT2D eigenvalue weighted by Gasteiger charge is 2.20. The Labute approximate surface area is 168 Å². The van der Waals surface area contributed by atoms with Crippen LogP contribution in [-0.4, -0.2) is 19.3 Å². The minimum Gasteiger partial charge on any atom is -0.345 e. The van der Waals surface area contributed by atoms with Crippen LogP contribution < -0.4 is 10.0 Å². The van der Waals surface area contributed by atoms with E-state index in [1.807, 2.05) is 13.0 Å². The fourth-order valence-electron chi connectivity index (χ4n) is 2.75. The molecule has 0 aliphatic carbocycles. The lowest BCUT2D eigenvalue weighted by molar-refractivity contribution is 0.0939. The molecule has 0 aliphatic heterocycles. The number of halogens is 1. The van der Waals surface area contributed by atoms with Crippen molar-refractivity contribution in [1.82, 2.24) is 10.3 Å². The normalized spacial score (nSPS) is 12.2. The number of nitrogens with zero attached hydrogens (tertiary/aromatic N) is 1. The molecule has 1 aromatic heterocycles. The highest BCUT2D eigenvalue weighted by molar-refractivity contribution is 7.92. The van der Waals surface area contributed by atoms with E-state index in [9.17, 15) is 17.6 Å². The number of hydrogen-bond donors (Lipinski definition) is 2. The molecule has 1 atom stereocenters. The summed E-state index contributed by atoms with van der Waals surface area (Å²) < 4.78 is 41.4. The fourth-order valence-corrected chi connectivity index (χ4v) is 3.84. The van der Waals surface area contributed by atoms with E-state index in [0.29, 0.717) is 5.56 Å². The second-order valence-electron chi connectivity index (χ2n) is 6.54. The molecule has 3 aromatic rings. The van der Waals surface area contributed by atoms with Crippen molar-refractivity contribution in [2.75, 3.05) is 4.72 Å². The van der Waals surface area contributed by atoms with E-state index in [1.165, 1.54) is 30.3 Å². The van der Waals surface area contributed by atoms with Gasteiger partial charge in [0.1, 0.15) is 5.82 Å². The number of sulfonamides is 1. The summed E-state index contributed by atoms with van der Waals surface area (Å²) in [4.78, 5) is 16.6. The number of anilines is 1. The quantitative estimate of drug-likeness (QED) is 0.643. The zero-order valence-corrected chi connectivity index (χ0v) is 16.7. The first-order valence-corrected chi connectivity index (χ1v) is 10.3. The maximum atomic E-state index is 13.8. The maximum absolute atomic E-state index is 13.8. The van der Waals surface area contributed by atoms with E-state index in [1.54, 1.807) is 31.5 Å². The smallest absolute Gasteiger partial charge is 0.262 e. The molecule has 0 bridgehead atoms. The van der Waals surface area contributed by atoms with Gasteiger partial charge in [-0.05, 0) is 55.3 Å². The average Bonchev–Trinajstić information content (AvgIpc) is 2.70. The van der Waals surface area contributed by atoms with Crippen LogP contribution in [0, 0.1) is 12.7 Å². The number of aryl methyl sites for hydroxylation is 1. The van der Waals surface area contributed by atoms with Crippen LogP contribution in [0.4, 0.5) is 10.1 Å². The van der Waals surface area contributed by atoms with Gasteiger partial charge in [-0.3, -0.25) is 14.5 Å². The average molecular weight is 413 g/mol. The van der Waals surface area contributed by atoms with E-state index < -0.39 is 21.7 Å². The van der Waals surface area contributed by atoms with Gasteiger partial charge >= 0.3 is 0 Å². The zero-order chi connectivity index (χ0) is 21.0. The summed E-state index contributed by atoms with van der Waals surface area (Å²) in [5.74, 6) is -1.10. The van der Waals surface area contributed by atoms with E-state index in [2.05, 4.69) is 15.0 Å². The molecule has 0 fully saturated rings. The van der Waals surface area contributed by atoms with Gasteiger partial charge in [0.15, 0.2) is 0 Å². The van der Waals surface area contributed by atoms with Gasteiger partial charge in [-0.15, -0.1) is 0 Å². The van der Waals surface area contributed by atoms with Crippen LogP contribution in [0.5, 0.6) is 0 Å². The number of hydrogen-bond acceptors (Lipinski definition) is 4. The van der Waals surface area contributed by atoms with Gasteiger partial charge in [0.25, 0.3) is 15.9 Å². The van der Waals surface area contributed by atoms with Gasteiger partial charge in [0.05, 0.1) is 16.6 Å². The molecule has 1 amide bonds. The molecule has 0 radical (unpaired) electrons. The number of carbonyl (C=O) groups excluding carboxylic acids is 1. The Morgan fingerprint density at radius 3 is 2.55 bits per heavy atom. The summed E-state index contributed by atoms with van der Waals surface area (Å²) in [6.07, 6.45) is 3.29. The van der Waals surface area contributed by atoms with Crippen LogP contribution in [0.25, 0.3) is 0 Å². The minimum absolute atomic E-state index is 0.134. The third kappa shape index (κ3) is 4.78. The van der Waals surface area contributed by atoms with Gasteiger partial charge in [-0.25, -0.2) is 12.8 Å². The SMILES string of the molecule is Cc1ccc(S(=O)(=O)Nc2ccccc2F)cc1C(=O)NC(C)c1cccnc1. The molecule has 150 valence electrons. The Balaban J connectivity index is 1.85. The topological polar surface area (TPSA) is 88.2 Å². The lowest BCUT2D eigenvalue weighted by Crippen LogP contribution is -2.27. The zero-order valence-electron chi connectivity index (χ0n) is 15.9. The third-order valence-corrected chi connectivity index (χ3v) is 5.78. The second kappa shape index (κ2) is 8.40. The summed E-state index contributed by atoms with van der Waals surface area (Å²) in [5.41, 5.74) is 1.50. The van der Waals surface area contributed by atoms with E-state index in [0.717, 1.165) is 11.6 Å². The molecule has 29 heavy (non-hydrogen) atoms. The Hall–Kier alpha value is -3.26. The standard InChI is InChI=1S/C21H20FN3O3S/c1-14-9-10-17(29(27,28)25-20-8-4-3-7-19(20)22)12-18(14)21(26)24-15(2)16-6-5-11-23-13-16/h3-13,15,25H,1-2H3,(H,24,26). The first-order chi connectivity index (χ1) is 13.8.